The highest BCUT2D eigenvalue weighted by atomic mass is 35.5. The first-order valence-electron chi connectivity index (χ1n) is 10.7. The zero-order valence-electron chi connectivity index (χ0n) is 18.2. The van der Waals surface area contributed by atoms with Crippen molar-refractivity contribution in [2.75, 3.05) is 50.7 Å². The molecule has 1 saturated heterocycles. The first-order valence-corrected chi connectivity index (χ1v) is 11.1. The summed E-state index contributed by atoms with van der Waals surface area (Å²) in [6, 6.07) is 8.09. The number of hydrogen-bond acceptors (Lipinski definition) is 5. The van der Waals surface area contributed by atoms with Crippen molar-refractivity contribution in [2.24, 2.45) is 4.99 Å². The summed E-state index contributed by atoms with van der Waals surface area (Å²) < 4.78 is 5.60. The smallest absolute Gasteiger partial charge is 0.216 e. The van der Waals surface area contributed by atoms with E-state index in [1.165, 1.54) is 0 Å². The van der Waals surface area contributed by atoms with Gasteiger partial charge >= 0.3 is 0 Å². The number of aliphatic imine (C=N–C) groups is 1. The van der Waals surface area contributed by atoms with E-state index in [-0.39, 0.29) is 0 Å². The molecule has 0 amide bonds. The Labute approximate surface area is 184 Å². The second-order valence-corrected chi connectivity index (χ2v) is 7.91. The third-order valence-corrected chi connectivity index (χ3v) is 5.62. The molecule has 164 valence electrons. The molecule has 1 aliphatic heterocycles. The number of aryl methyl sites for hydroxylation is 2. The maximum absolute atomic E-state index is 6.33. The molecule has 2 N–H and O–H groups in total. The monoisotopic (exact) mass is 432 g/mol. The van der Waals surface area contributed by atoms with E-state index in [1.54, 1.807) is 0 Å². The maximum atomic E-state index is 6.33. The third-order valence-electron chi connectivity index (χ3n) is 5.30. The topological polar surface area (TPSA) is 68.9 Å². The highest BCUT2D eigenvalue weighted by molar-refractivity contribution is 6.33. The Balaban J connectivity index is 1.38. The normalized spacial score (nSPS) is 15.5. The van der Waals surface area contributed by atoms with Gasteiger partial charge in [0.25, 0.3) is 0 Å². The fourth-order valence-corrected chi connectivity index (χ4v) is 3.78. The molecule has 0 aliphatic carbocycles. The number of anilines is 1. The number of para-hydroxylation sites is 1. The van der Waals surface area contributed by atoms with Crippen LogP contribution in [0.2, 0.25) is 5.02 Å². The second-order valence-electron chi connectivity index (χ2n) is 7.50. The minimum Gasteiger partial charge on any atom is -0.444 e. The average Bonchev–Trinajstić information content (AvgIpc) is 3.07. The van der Waals surface area contributed by atoms with Gasteiger partial charge in [-0.2, -0.15) is 0 Å². The Morgan fingerprint density at radius 1 is 1.17 bits per heavy atom. The lowest BCUT2D eigenvalue weighted by Crippen LogP contribution is -2.47. The van der Waals surface area contributed by atoms with Crippen LogP contribution in [0.15, 0.2) is 33.7 Å². The van der Waals surface area contributed by atoms with Crippen LogP contribution in [0.25, 0.3) is 0 Å². The van der Waals surface area contributed by atoms with Crippen molar-refractivity contribution in [1.82, 2.24) is 20.5 Å². The van der Waals surface area contributed by atoms with E-state index in [2.05, 4.69) is 43.4 Å². The van der Waals surface area contributed by atoms with Gasteiger partial charge in [0.2, 0.25) is 5.89 Å². The molecule has 0 unspecified atom stereocenters. The molecule has 1 aromatic heterocycles. The van der Waals surface area contributed by atoms with Crippen LogP contribution in [-0.2, 0) is 6.54 Å². The van der Waals surface area contributed by atoms with Crippen molar-refractivity contribution in [2.45, 2.75) is 33.7 Å². The standard InChI is InChI=1S/C22H33ClN6O/c1-4-24-22(26-16-21-27-17(2)18(3)30-21)25-10-7-11-28-12-14-29(15-13-28)20-9-6-5-8-19(20)23/h5-6,8-9H,4,7,10-16H2,1-3H3,(H2,24,25,26). The molecule has 0 saturated carbocycles. The van der Waals surface area contributed by atoms with Gasteiger partial charge in [0.05, 0.1) is 16.4 Å². The molecule has 0 spiro atoms. The van der Waals surface area contributed by atoms with Gasteiger partial charge in [-0.05, 0) is 45.9 Å². The lowest BCUT2D eigenvalue weighted by atomic mass is 10.2. The van der Waals surface area contributed by atoms with E-state index in [4.69, 9.17) is 16.0 Å². The fourth-order valence-electron chi connectivity index (χ4n) is 3.53. The molecule has 8 heteroatoms. The predicted octanol–water partition coefficient (Wildman–Crippen LogP) is 3.21. The molecule has 2 aromatic rings. The summed E-state index contributed by atoms with van der Waals surface area (Å²) in [5.41, 5.74) is 2.07. The number of rotatable bonds is 8. The number of guanidine groups is 1. The third kappa shape index (κ3) is 6.37. The Kier molecular flexibility index (Phi) is 8.39. The van der Waals surface area contributed by atoms with Crippen LogP contribution in [0, 0.1) is 13.8 Å². The van der Waals surface area contributed by atoms with Crippen molar-refractivity contribution in [3.63, 3.8) is 0 Å². The van der Waals surface area contributed by atoms with Crippen LogP contribution in [0.4, 0.5) is 5.69 Å². The van der Waals surface area contributed by atoms with Crippen LogP contribution in [-0.4, -0.2) is 61.7 Å². The van der Waals surface area contributed by atoms with Crippen LogP contribution < -0.4 is 15.5 Å². The minimum absolute atomic E-state index is 0.439. The lowest BCUT2D eigenvalue weighted by molar-refractivity contribution is 0.255. The molecule has 1 aromatic carbocycles. The van der Waals surface area contributed by atoms with Gasteiger partial charge in [0.1, 0.15) is 12.3 Å². The minimum atomic E-state index is 0.439. The largest absolute Gasteiger partial charge is 0.444 e. The van der Waals surface area contributed by atoms with Crippen LogP contribution >= 0.6 is 11.6 Å². The first kappa shape index (κ1) is 22.4. The molecular weight excluding hydrogens is 400 g/mol. The summed E-state index contributed by atoms with van der Waals surface area (Å²) >= 11 is 6.33. The van der Waals surface area contributed by atoms with E-state index in [0.29, 0.717) is 12.4 Å². The molecule has 0 atom stereocenters. The van der Waals surface area contributed by atoms with Crippen LogP contribution in [0.3, 0.4) is 0 Å². The van der Waals surface area contributed by atoms with Crippen LogP contribution in [0.5, 0.6) is 0 Å². The quantitative estimate of drug-likeness (QED) is 0.379. The predicted molar refractivity (Wildman–Crippen MR) is 124 cm³/mol. The second kappa shape index (κ2) is 11.2. The molecule has 0 bridgehead atoms. The molecule has 0 radical (unpaired) electrons. The molecule has 3 rings (SSSR count). The maximum Gasteiger partial charge on any atom is 0.216 e. The SMILES string of the molecule is CCNC(=NCc1nc(C)c(C)o1)NCCCN1CCN(c2ccccc2Cl)CC1. The van der Waals surface area contributed by atoms with E-state index in [9.17, 15) is 0 Å². The molecule has 30 heavy (non-hydrogen) atoms. The van der Waals surface area contributed by atoms with Crippen molar-refractivity contribution in [3.05, 3.63) is 46.6 Å². The van der Waals surface area contributed by atoms with E-state index in [0.717, 1.165) is 80.4 Å². The zero-order valence-corrected chi connectivity index (χ0v) is 19.0. The summed E-state index contributed by atoms with van der Waals surface area (Å²) in [5.74, 6) is 2.31. The molecule has 2 heterocycles. The fraction of sp³-hybridized carbons (Fsp3) is 0.545. The van der Waals surface area contributed by atoms with E-state index < -0.39 is 0 Å². The summed E-state index contributed by atoms with van der Waals surface area (Å²) in [7, 11) is 0. The van der Waals surface area contributed by atoms with E-state index in [1.807, 2.05) is 32.0 Å². The van der Waals surface area contributed by atoms with Crippen molar-refractivity contribution >= 4 is 23.2 Å². The first-order chi connectivity index (χ1) is 14.6. The number of benzene rings is 1. The highest BCUT2D eigenvalue weighted by Gasteiger charge is 2.18. The van der Waals surface area contributed by atoms with Crippen molar-refractivity contribution in [1.29, 1.82) is 0 Å². The number of piperazine rings is 1. The summed E-state index contributed by atoms with van der Waals surface area (Å²) in [6.07, 6.45) is 1.06. The van der Waals surface area contributed by atoms with Crippen LogP contribution in [0.1, 0.15) is 30.7 Å². The van der Waals surface area contributed by atoms with Gasteiger partial charge in [-0.1, -0.05) is 23.7 Å². The van der Waals surface area contributed by atoms with Gasteiger partial charge in [0.15, 0.2) is 5.96 Å². The Bertz CT molecular complexity index is 809. The summed E-state index contributed by atoms with van der Waals surface area (Å²) in [6.45, 7) is 13.3. The van der Waals surface area contributed by atoms with E-state index >= 15 is 0 Å². The van der Waals surface area contributed by atoms with Gasteiger partial charge in [0, 0.05) is 39.3 Å². The summed E-state index contributed by atoms with van der Waals surface area (Å²) in [4.78, 5) is 13.9. The number of oxazole rings is 1. The van der Waals surface area contributed by atoms with Crippen molar-refractivity contribution < 1.29 is 4.42 Å². The number of halogens is 1. The average molecular weight is 433 g/mol. The Hall–Kier alpha value is -2.25. The highest BCUT2D eigenvalue weighted by Crippen LogP contribution is 2.25. The zero-order chi connectivity index (χ0) is 21.3. The number of hydrogen-bond donors (Lipinski definition) is 2. The van der Waals surface area contributed by atoms with Gasteiger partial charge in [-0.15, -0.1) is 0 Å². The number of nitrogens with one attached hydrogen (secondary N) is 2. The number of aromatic nitrogens is 1. The molecule has 1 aliphatic rings. The Morgan fingerprint density at radius 2 is 1.93 bits per heavy atom. The van der Waals surface area contributed by atoms with Gasteiger partial charge < -0.3 is 20.0 Å². The lowest BCUT2D eigenvalue weighted by Gasteiger charge is -2.36. The Morgan fingerprint density at radius 3 is 2.60 bits per heavy atom. The molecule has 1 fully saturated rings. The number of nitrogens with zero attached hydrogens (tertiary/aromatic N) is 4. The summed E-state index contributed by atoms with van der Waals surface area (Å²) in [5, 5.41) is 7.52. The molecular formula is C22H33ClN6O. The van der Waals surface area contributed by atoms with Gasteiger partial charge in [-0.3, -0.25) is 4.90 Å². The van der Waals surface area contributed by atoms with Crippen molar-refractivity contribution in [3.8, 4) is 0 Å². The van der Waals surface area contributed by atoms with Gasteiger partial charge in [-0.25, -0.2) is 9.98 Å². The molecule has 7 nitrogen and oxygen atoms in total.